The molecule has 36 heavy (non-hydrogen) atoms. The Morgan fingerprint density at radius 3 is 2.39 bits per heavy atom. The maximum Gasteiger partial charge on any atom is 0.329 e. The predicted molar refractivity (Wildman–Crippen MR) is 134 cm³/mol. The van der Waals surface area contributed by atoms with E-state index in [-0.39, 0.29) is 29.1 Å². The molecule has 0 spiro atoms. The highest BCUT2D eigenvalue weighted by atomic mass is 32.1. The summed E-state index contributed by atoms with van der Waals surface area (Å²) in [6.07, 6.45) is 1.85. The van der Waals surface area contributed by atoms with Crippen molar-refractivity contribution in [2.24, 2.45) is 0 Å². The van der Waals surface area contributed by atoms with Gasteiger partial charge in [0.2, 0.25) is 0 Å². The molecule has 0 unspecified atom stereocenters. The van der Waals surface area contributed by atoms with E-state index in [1.165, 1.54) is 35.0 Å². The van der Waals surface area contributed by atoms with E-state index in [9.17, 15) is 24.5 Å². The topological polar surface area (TPSA) is 130 Å². The molecule has 180 valence electrons. The first-order chi connectivity index (χ1) is 17.4. The van der Waals surface area contributed by atoms with Crippen molar-refractivity contribution in [2.45, 2.75) is 13.0 Å². The van der Waals surface area contributed by atoms with Crippen LogP contribution in [0.3, 0.4) is 0 Å². The van der Waals surface area contributed by atoms with Crippen LogP contribution in [0.1, 0.15) is 21.7 Å². The van der Waals surface area contributed by atoms with Crippen LogP contribution in [-0.4, -0.2) is 31.5 Å². The largest absolute Gasteiger partial charge is 0.329 e. The number of benzene rings is 2. The normalized spacial score (nSPS) is 14.4. The Hall–Kier alpha value is -4.77. The van der Waals surface area contributed by atoms with Crippen LogP contribution in [0, 0.1) is 10.1 Å². The fourth-order valence-electron chi connectivity index (χ4n) is 3.89. The summed E-state index contributed by atoms with van der Waals surface area (Å²) in [7, 11) is 0. The molecule has 1 fully saturated rings. The average molecular weight is 502 g/mol. The van der Waals surface area contributed by atoms with E-state index in [0.29, 0.717) is 23.4 Å². The van der Waals surface area contributed by atoms with Gasteiger partial charge in [0.25, 0.3) is 17.2 Å². The Kier molecular flexibility index (Phi) is 6.05. The third-order valence-corrected chi connectivity index (χ3v) is 6.57. The Morgan fingerprint density at radius 2 is 1.72 bits per heavy atom. The van der Waals surface area contributed by atoms with Crippen molar-refractivity contribution in [2.75, 3.05) is 0 Å². The van der Waals surface area contributed by atoms with Gasteiger partial charge in [-0.15, -0.1) is 11.3 Å². The number of imide groups is 1. The first kappa shape index (κ1) is 23.0. The number of para-hydroxylation sites is 1. The number of carbonyl (C=O) groups is 2. The fraction of sp³-hybridized carbons (Fsp3) is 0.0800. The van der Waals surface area contributed by atoms with Crippen LogP contribution in [0.5, 0.6) is 0 Å². The van der Waals surface area contributed by atoms with Crippen LogP contribution in [0.2, 0.25) is 0 Å². The number of aromatic amines is 1. The number of hydrogen-bond donors (Lipinski definition) is 2. The maximum atomic E-state index is 13.4. The molecular formula is C25H19N5O5S. The maximum absolute atomic E-state index is 13.4. The van der Waals surface area contributed by atoms with E-state index in [2.05, 4.69) is 10.4 Å². The number of thiophene rings is 1. The average Bonchev–Trinajstić information content (AvgIpc) is 3.57. The number of hydrogen-bond acceptors (Lipinski definition) is 6. The summed E-state index contributed by atoms with van der Waals surface area (Å²) in [4.78, 5) is 51.4. The van der Waals surface area contributed by atoms with Crippen molar-refractivity contribution >= 4 is 35.0 Å². The molecule has 0 radical (unpaired) electrons. The summed E-state index contributed by atoms with van der Waals surface area (Å²) in [5.74, 6) is -0.590. The van der Waals surface area contributed by atoms with Gasteiger partial charge in [0.05, 0.1) is 28.4 Å². The number of nitro groups is 1. The molecule has 5 rings (SSSR count). The molecule has 1 aliphatic rings. The van der Waals surface area contributed by atoms with Crippen molar-refractivity contribution in [1.29, 1.82) is 0 Å². The molecule has 4 aromatic rings. The molecule has 2 aromatic heterocycles. The lowest BCUT2D eigenvalue weighted by molar-refractivity contribution is -0.384. The van der Waals surface area contributed by atoms with Crippen molar-refractivity contribution in [3.05, 3.63) is 120 Å². The molecule has 3 amide bonds. The van der Waals surface area contributed by atoms with Crippen molar-refractivity contribution in [3.8, 4) is 5.69 Å². The molecule has 3 heterocycles. The Balaban J connectivity index is 1.47. The van der Waals surface area contributed by atoms with E-state index in [1.54, 1.807) is 23.5 Å². The number of aromatic nitrogens is 2. The van der Waals surface area contributed by atoms with Crippen LogP contribution < -0.4 is 10.9 Å². The fourth-order valence-corrected chi connectivity index (χ4v) is 4.61. The summed E-state index contributed by atoms with van der Waals surface area (Å²) >= 11 is 1.55. The first-order valence-corrected chi connectivity index (χ1v) is 11.8. The van der Waals surface area contributed by atoms with Crippen LogP contribution in [-0.2, 0) is 17.8 Å². The highest BCUT2D eigenvalue weighted by molar-refractivity contribution is 7.09. The number of urea groups is 1. The van der Waals surface area contributed by atoms with Crippen molar-refractivity contribution < 1.29 is 14.5 Å². The third-order valence-electron chi connectivity index (χ3n) is 5.69. The lowest BCUT2D eigenvalue weighted by Crippen LogP contribution is -2.30. The van der Waals surface area contributed by atoms with E-state index in [1.807, 2.05) is 35.7 Å². The summed E-state index contributed by atoms with van der Waals surface area (Å²) < 4.78 is 1.41. The van der Waals surface area contributed by atoms with Crippen LogP contribution in [0.25, 0.3) is 11.8 Å². The van der Waals surface area contributed by atoms with Gasteiger partial charge >= 0.3 is 6.03 Å². The number of nitro benzene ring substituents is 1. The second-order valence-corrected chi connectivity index (χ2v) is 9.07. The van der Waals surface area contributed by atoms with Crippen molar-refractivity contribution in [3.63, 3.8) is 0 Å². The zero-order valence-electron chi connectivity index (χ0n) is 18.7. The third kappa shape index (κ3) is 4.46. The van der Waals surface area contributed by atoms with E-state index in [4.69, 9.17) is 0 Å². The predicted octanol–water partition coefficient (Wildman–Crippen LogP) is 3.82. The van der Waals surface area contributed by atoms with Crippen LogP contribution >= 0.6 is 11.3 Å². The Bertz CT molecular complexity index is 1540. The highest BCUT2D eigenvalue weighted by Gasteiger charge is 2.34. The van der Waals surface area contributed by atoms with Gasteiger partial charge in [-0.2, -0.15) is 0 Å². The Morgan fingerprint density at radius 1 is 0.972 bits per heavy atom. The molecule has 0 aliphatic carbocycles. The number of H-pyrrole nitrogens is 1. The molecule has 1 saturated heterocycles. The second kappa shape index (κ2) is 9.47. The molecule has 1 aliphatic heterocycles. The molecule has 0 atom stereocenters. The SMILES string of the molecule is O=C1NC(=Cc2c(Cc3cccs3)[nH]n(-c3ccccc3)c2=O)C(=O)N1Cc1ccc([N+](=O)[O-])cc1. The molecule has 2 aromatic carbocycles. The summed E-state index contributed by atoms with van der Waals surface area (Å²) in [6, 6.07) is 17.9. The van der Waals surface area contributed by atoms with E-state index < -0.39 is 16.9 Å². The van der Waals surface area contributed by atoms with Crippen molar-refractivity contribution in [1.82, 2.24) is 20.0 Å². The summed E-state index contributed by atoms with van der Waals surface area (Å²) in [5.41, 5.74) is 1.61. The molecule has 10 nitrogen and oxygen atoms in total. The Labute approximate surface area is 208 Å². The van der Waals surface area contributed by atoms with Crippen LogP contribution in [0.4, 0.5) is 10.5 Å². The van der Waals surface area contributed by atoms with Gasteiger partial charge in [-0.05, 0) is 35.2 Å². The molecule has 11 heteroatoms. The molecule has 2 N–H and O–H groups in total. The number of nitrogens with one attached hydrogen (secondary N) is 2. The number of non-ortho nitro benzene ring substituents is 1. The van der Waals surface area contributed by atoms with E-state index >= 15 is 0 Å². The number of rotatable bonds is 7. The van der Waals surface area contributed by atoms with Gasteiger partial charge in [0.1, 0.15) is 5.70 Å². The zero-order valence-corrected chi connectivity index (χ0v) is 19.5. The standard InChI is InChI=1S/C25H19N5O5S/c31-23-20(21(13-19-7-4-12-36-19)27-29(23)17-5-2-1-3-6-17)14-22-24(32)28(25(33)26-22)15-16-8-10-18(11-9-16)30(34)35/h1-12,14,27H,13,15H2,(H,26,33). The van der Waals surface area contributed by atoms with Gasteiger partial charge in [-0.1, -0.05) is 36.4 Å². The molecule has 0 bridgehead atoms. The zero-order chi connectivity index (χ0) is 25.2. The van der Waals surface area contributed by atoms with Crippen LogP contribution in [0.15, 0.2) is 82.6 Å². The monoisotopic (exact) mass is 501 g/mol. The minimum absolute atomic E-state index is 0.0225. The highest BCUT2D eigenvalue weighted by Crippen LogP contribution is 2.21. The van der Waals surface area contributed by atoms with Gasteiger partial charge in [-0.25, -0.2) is 9.48 Å². The number of nitrogens with zero attached hydrogens (tertiary/aromatic N) is 3. The van der Waals surface area contributed by atoms with Gasteiger partial charge in [-0.3, -0.25) is 29.7 Å². The molecular weight excluding hydrogens is 482 g/mol. The smallest absolute Gasteiger partial charge is 0.303 e. The second-order valence-electron chi connectivity index (χ2n) is 8.04. The first-order valence-electron chi connectivity index (χ1n) is 10.9. The van der Waals surface area contributed by atoms with Gasteiger partial charge < -0.3 is 5.32 Å². The van der Waals surface area contributed by atoms with Gasteiger partial charge in [0.15, 0.2) is 0 Å². The number of amides is 3. The quantitative estimate of drug-likeness (QED) is 0.172. The summed E-state index contributed by atoms with van der Waals surface area (Å²) in [6.45, 7) is -0.0660. The lowest BCUT2D eigenvalue weighted by Gasteiger charge is -2.11. The summed E-state index contributed by atoms with van der Waals surface area (Å²) in [5, 5.41) is 18.5. The van der Waals surface area contributed by atoms with Gasteiger partial charge in [0, 0.05) is 23.4 Å². The minimum Gasteiger partial charge on any atom is -0.303 e. The van der Waals surface area contributed by atoms with E-state index in [0.717, 1.165) is 9.78 Å². The minimum atomic E-state index is -0.636. The molecule has 0 saturated carbocycles. The number of carbonyl (C=O) groups excluding carboxylic acids is 2. The lowest BCUT2D eigenvalue weighted by atomic mass is 10.1.